The first kappa shape index (κ1) is 24.3. The van der Waals surface area contributed by atoms with Crippen LogP contribution in [0.2, 0.25) is 0 Å². The number of Topliss-reactive ketones (excluding diaryl/α,β-unsaturated/α-hetero) is 1. The predicted octanol–water partition coefficient (Wildman–Crippen LogP) is 2.02. The number of aromatic amines is 1. The molecule has 1 atom stereocenters. The van der Waals surface area contributed by atoms with Crippen molar-refractivity contribution in [2.24, 2.45) is 0 Å². The Labute approximate surface area is 212 Å². The highest BCUT2D eigenvalue weighted by molar-refractivity contribution is 6.00. The van der Waals surface area contributed by atoms with Gasteiger partial charge in [-0.05, 0) is 38.8 Å². The second-order valence-corrected chi connectivity index (χ2v) is 9.26. The molecule has 0 radical (unpaired) electrons. The molecule has 1 aliphatic heterocycles. The maximum absolute atomic E-state index is 12.6. The smallest absolute Gasteiger partial charge is 0.251 e. The minimum atomic E-state index is -1.05. The van der Waals surface area contributed by atoms with E-state index in [0.717, 1.165) is 11.1 Å². The molecule has 5 heterocycles. The zero-order valence-corrected chi connectivity index (χ0v) is 20.5. The van der Waals surface area contributed by atoms with Crippen molar-refractivity contribution in [2.75, 3.05) is 18.8 Å². The topological polar surface area (TPSA) is 160 Å². The van der Waals surface area contributed by atoms with Crippen molar-refractivity contribution in [3.63, 3.8) is 0 Å². The van der Waals surface area contributed by atoms with Gasteiger partial charge < -0.3 is 20.7 Å². The van der Waals surface area contributed by atoms with Gasteiger partial charge in [0.05, 0.1) is 23.1 Å². The maximum Gasteiger partial charge on any atom is 0.251 e. The number of carbonyl (C=O) groups excluding carboxylic acids is 2. The summed E-state index contributed by atoms with van der Waals surface area (Å²) in [6, 6.07) is 6.88. The Bertz CT molecular complexity index is 1530. The summed E-state index contributed by atoms with van der Waals surface area (Å²) >= 11 is 0. The molecular formula is C26H27N7O4. The normalized spacial score (nSPS) is 15.2. The first-order valence-electron chi connectivity index (χ1n) is 12.0. The van der Waals surface area contributed by atoms with E-state index in [0.29, 0.717) is 54.1 Å². The number of nitrogens with two attached hydrogens (primary N) is 1. The van der Waals surface area contributed by atoms with Crippen LogP contribution in [0, 0.1) is 0 Å². The lowest BCUT2D eigenvalue weighted by atomic mass is 9.89. The van der Waals surface area contributed by atoms with E-state index in [1.165, 1.54) is 24.4 Å². The number of nitrogens with one attached hydrogen (secondary N) is 1. The third kappa shape index (κ3) is 4.49. The van der Waals surface area contributed by atoms with Crippen molar-refractivity contribution in [2.45, 2.75) is 38.7 Å². The minimum absolute atomic E-state index is 0.0762. The Morgan fingerprint density at radius 2 is 1.86 bits per heavy atom. The Balaban J connectivity index is 1.52. The minimum Gasteiger partial charge on any atom is -0.384 e. The zero-order valence-electron chi connectivity index (χ0n) is 20.5. The van der Waals surface area contributed by atoms with Gasteiger partial charge >= 0.3 is 0 Å². The lowest BCUT2D eigenvalue weighted by molar-refractivity contribution is -0.140. The van der Waals surface area contributed by atoms with E-state index < -0.39 is 6.10 Å². The number of aliphatic hydroxyl groups is 1. The number of hydrogen-bond acceptors (Lipinski definition) is 8. The molecule has 4 aromatic heterocycles. The van der Waals surface area contributed by atoms with Gasteiger partial charge in [0.2, 0.25) is 5.56 Å². The predicted molar refractivity (Wildman–Crippen MR) is 137 cm³/mol. The molecule has 11 heteroatoms. The van der Waals surface area contributed by atoms with Crippen LogP contribution < -0.4 is 11.3 Å². The fourth-order valence-corrected chi connectivity index (χ4v) is 4.82. The molecule has 4 N–H and O–H groups in total. The number of carbonyl (C=O) groups is 2. The maximum atomic E-state index is 12.6. The number of anilines is 1. The molecule has 0 bridgehead atoms. The largest absolute Gasteiger partial charge is 0.384 e. The first-order chi connectivity index (χ1) is 17.7. The number of fused-ring (bicyclic) bond motifs is 1. The van der Waals surface area contributed by atoms with Crippen LogP contribution in [0.1, 0.15) is 48.7 Å². The van der Waals surface area contributed by atoms with E-state index in [2.05, 4.69) is 15.1 Å². The molecule has 37 heavy (non-hydrogen) atoms. The number of nitrogens with zero attached hydrogens (tertiary/aromatic N) is 5. The summed E-state index contributed by atoms with van der Waals surface area (Å²) in [6.45, 7) is 3.84. The molecular weight excluding hydrogens is 474 g/mol. The number of aliphatic hydroxyl groups excluding tert-OH is 1. The highest BCUT2D eigenvalue weighted by Crippen LogP contribution is 2.35. The van der Waals surface area contributed by atoms with E-state index >= 15 is 0 Å². The van der Waals surface area contributed by atoms with Gasteiger partial charge in [0, 0.05) is 54.2 Å². The van der Waals surface area contributed by atoms with Crippen LogP contribution in [-0.4, -0.2) is 65.5 Å². The third-order valence-corrected chi connectivity index (χ3v) is 6.77. The first-order valence-corrected chi connectivity index (χ1v) is 12.0. The molecule has 1 fully saturated rings. The third-order valence-electron chi connectivity index (χ3n) is 6.77. The van der Waals surface area contributed by atoms with Gasteiger partial charge in [0.1, 0.15) is 11.9 Å². The lowest BCUT2D eigenvalue weighted by Gasteiger charge is -2.33. The van der Waals surface area contributed by atoms with Gasteiger partial charge in [-0.1, -0.05) is 6.07 Å². The summed E-state index contributed by atoms with van der Waals surface area (Å²) in [5.74, 6) is -0.357. The summed E-state index contributed by atoms with van der Waals surface area (Å²) in [5, 5.41) is 14.0. The molecule has 5 rings (SSSR count). The highest BCUT2D eigenvalue weighted by Gasteiger charge is 2.31. The highest BCUT2D eigenvalue weighted by atomic mass is 16.3. The van der Waals surface area contributed by atoms with Crippen molar-refractivity contribution in [3.8, 4) is 22.4 Å². The Morgan fingerprint density at radius 3 is 2.46 bits per heavy atom. The van der Waals surface area contributed by atoms with Crippen LogP contribution in [-0.2, 0) is 4.79 Å². The van der Waals surface area contributed by atoms with Crippen LogP contribution in [0.5, 0.6) is 0 Å². The second-order valence-electron chi connectivity index (χ2n) is 9.26. The number of ketones is 1. The van der Waals surface area contributed by atoms with Crippen LogP contribution in [0.4, 0.5) is 5.82 Å². The number of rotatable bonds is 5. The van der Waals surface area contributed by atoms with Crippen molar-refractivity contribution in [1.29, 1.82) is 0 Å². The molecule has 0 spiro atoms. The van der Waals surface area contributed by atoms with Crippen LogP contribution in [0.3, 0.4) is 0 Å². The molecule has 0 aliphatic carbocycles. The number of likely N-dealkylation sites (tertiary alicyclic amines) is 1. The summed E-state index contributed by atoms with van der Waals surface area (Å²) in [5.41, 5.74) is 10.7. The van der Waals surface area contributed by atoms with Gasteiger partial charge in [-0.15, -0.1) is 0 Å². The van der Waals surface area contributed by atoms with E-state index in [9.17, 15) is 19.5 Å². The van der Waals surface area contributed by atoms with Gasteiger partial charge in [-0.25, -0.2) is 4.98 Å². The standard InChI is InChI=1S/C26H27N7O4/c1-14(34)22-23(16-7-9-32(10-8-16)26(37)15(2)35)31-25-19(13-30-33(25)24(22)27)17-3-5-20(28-11-17)18-4-6-21(36)29-12-18/h3-6,11-13,15-16,35H,7-10,27H2,1-2H3,(H,29,36)/t15-/m1/s1. The van der Waals surface area contributed by atoms with Crippen molar-refractivity contribution >= 4 is 23.2 Å². The molecule has 1 amide bonds. The average molecular weight is 502 g/mol. The van der Waals surface area contributed by atoms with E-state index in [1.807, 2.05) is 12.1 Å². The lowest BCUT2D eigenvalue weighted by Crippen LogP contribution is -2.42. The number of nitrogen functional groups attached to an aromatic ring is 1. The van der Waals surface area contributed by atoms with E-state index in [4.69, 9.17) is 10.7 Å². The summed E-state index contributed by atoms with van der Waals surface area (Å²) in [7, 11) is 0. The van der Waals surface area contributed by atoms with E-state index in [-0.39, 0.29) is 29.0 Å². The SMILES string of the molecule is CC(=O)c1c(C2CCN(C(=O)[C@@H](C)O)CC2)nc2c(-c3ccc(-c4ccc(=O)[nH]c4)nc3)cnn2c1N. The van der Waals surface area contributed by atoms with Crippen LogP contribution in [0.15, 0.2) is 47.7 Å². The van der Waals surface area contributed by atoms with Crippen molar-refractivity contribution < 1.29 is 14.7 Å². The molecule has 1 saturated heterocycles. The van der Waals surface area contributed by atoms with E-state index in [1.54, 1.807) is 29.6 Å². The molecule has 11 nitrogen and oxygen atoms in total. The quantitative estimate of drug-likeness (QED) is 0.350. The molecule has 0 aromatic carbocycles. The van der Waals surface area contributed by atoms with Gasteiger partial charge in [0.15, 0.2) is 11.4 Å². The van der Waals surface area contributed by atoms with Crippen molar-refractivity contribution in [3.05, 3.63) is 64.5 Å². The number of aromatic nitrogens is 5. The van der Waals surface area contributed by atoms with Crippen molar-refractivity contribution in [1.82, 2.24) is 29.5 Å². The molecule has 0 unspecified atom stereocenters. The Kier molecular flexibility index (Phi) is 6.30. The molecule has 190 valence electrons. The van der Waals surface area contributed by atoms with Gasteiger partial charge in [-0.3, -0.25) is 19.4 Å². The number of amides is 1. The van der Waals surface area contributed by atoms with Crippen LogP contribution in [0.25, 0.3) is 28.0 Å². The number of piperidine rings is 1. The number of hydrogen-bond donors (Lipinski definition) is 3. The summed E-state index contributed by atoms with van der Waals surface area (Å²) in [6.07, 6.45) is 5.10. The second kappa shape index (κ2) is 9.58. The summed E-state index contributed by atoms with van der Waals surface area (Å²) in [4.78, 5) is 49.9. The number of H-pyrrole nitrogens is 1. The van der Waals surface area contributed by atoms with Gasteiger partial charge in [-0.2, -0.15) is 9.61 Å². The molecule has 4 aromatic rings. The Morgan fingerprint density at radius 1 is 1.14 bits per heavy atom. The Hall–Kier alpha value is -4.38. The molecule has 1 aliphatic rings. The van der Waals surface area contributed by atoms with Gasteiger partial charge in [0.25, 0.3) is 5.91 Å². The number of pyridine rings is 2. The zero-order chi connectivity index (χ0) is 26.3. The molecule has 0 saturated carbocycles. The fourth-order valence-electron chi connectivity index (χ4n) is 4.82. The average Bonchev–Trinajstić information content (AvgIpc) is 3.33. The monoisotopic (exact) mass is 501 g/mol. The summed E-state index contributed by atoms with van der Waals surface area (Å²) < 4.78 is 1.47. The fraction of sp³-hybridized carbons (Fsp3) is 0.308. The van der Waals surface area contributed by atoms with Crippen LogP contribution >= 0.6 is 0 Å².